The van der Waals surface area contributed by atoms with Crippen molar-refractivity contribution in [3.8, 4) is 5.75 Å². The maximum Gasteiger partial charge on any atom is 0.439 e. The van der Waals surface area contributed by atoms with E-state index in [-0.39, 0.29) is 12.2 Å². The van der Waals surface area contributed by atoms with E-state index in [1.165, 1.54) is 0 Å². The second kappa shape index (κ2) is 8.57. The van der Waals surface area contributed by atoms with Crippen LogP contribution in [0.2, 0.25) is 0 Å². The Morgan fingerprint density at radius 3 is 2.23 bits per heavy atom. The van der Waals surface area contributed by atoms with Gasteiger partial charge in [0.15, 0.2) is 0 Å². The Bertz CT molecular complexity index is 769. The van der Waals surface area contributed by atoms with E-state index in [9.17, 15) is 4.57 Å². The number of fused-ring (bicyclic) bond motifs is 1. The number of hydrogen-bond acceptors (Lipinski definition) is 5. The van der Waals surface area contributed by atoms with Crippen LogP contribution >= 0.6 is 7.75 Å². The molecule has 1 heterocycles. The topological polar surface area (TPSA) is 52.9 Å². The van der Waals surface area contributed by atoms with E-state index in [1.54, 1.807) is 11.4 Å². The van der Waals surface area contributed by atoms with Crippen molar-refractivity contribution in [3.63, 3.8) is 0 Å². The number of rotatable bonds is 9. The molecule has 6 nitrogen and oxygen atoms in total. The molecule has 0 fully saturated rings. The second-order valence-corrected chi connectivity index (χ2v) is 9.00. The van der Waals surface area contributed by atoms with Crippen molar-refractivity contribution in [2.75, 3.05) is 27.7 Å². The molecular formula is C19H31N2O4P. The summed E-state index contributed by atoms with van der Waals surface area (Å²) in [6.45, 7) is 8.32. The molecule has 0 saturated heterocycles. The number of hydrogen-bond donors (Lipinski definition) is 0. The third-order valence-electron chi connectivity index (χ3n) is 3.85. The highest BCUT2D eigenvalue weighted by Crippen LogP contribution is 2.54. The van der Waals surface area contributed by atoms with E-state index in [0.717, 1.165) is 35.2 Å². The molecular weight excluding hydrogens is 351 g/mol. The highest BCUT2D eigenvalue weighted by atomic mass is 31.2. The summed E-state index contributed by atoms with van der Waals surface area (Å²) in [6.07, 6.45) is 2.28. The lowest BCUT2D eigenvalue weighted by Gasteiger charge is -2.24. The maximum atomic E-state index is 13.6. The molecule has 0 aliphatic heterocycles. The predicted octanol–water partition coefficient (Wildman–Crippen LogP) is 4.56. The first-order valence-corrected chi connectivity index (χ1v) is 10.5. The molecule has 0 unspecified atom stereocenters. The monoisotopic (exact) mass is 382 g/mol. The zero-order valence-electron chi connectivity index (χ0n) is 16.9. The molecule has 0 N–H and O–H groups in total. The average Bonchev–Trinajstić information content (AvgIpc) is 2.89. The van der Waals surface area contributed by atoms with Gasteiger partial charge in [0.1, 0.15) is 5.75 Å². The molecule has 0 aliphatic carbocycles. The highest BCUT2D eigenvalue weighted by Gasteiger charge is 2.32. The zero-order chi connectivity index (χ0) is 19.5. The van der Waals surface area contributed by atoms with E-state index in [0.29, 0.717) is 0 Å². The number of benzene rings is 1. The van der Waals surface area contributed by atoms with Crippen LogP contribution in [0.1, 0.15) is 33.3 Å². The Labute approximate surface area is 156 Å². The summed E-state index contributed by atoms with van der Waals surface area (Å²) in [5, 5.41) is 1.01. The molecule has 0 aliphatic rings. The highest BCUT2D eigenvalue weighted by molar-refractivity contribution is 7.52. The van der Waals surface area contributed by atoms with Crippen LogP contribution in [0.5, 0.6) is 5.75 Å². The van der Waals surface area contributed by atoms with Gasteiger partial charge in [-0.1, -0.05) is 0 Å². The summed E-state index contributed by atoms with van der Waals surface area (Å²) in [7, 11) is 2.20. The molecule has 0 radical (unpaired) electrons. The quantitative estimate of drug-likeness (QED) is 0.595. The van der Waals surface area contributed by atoms with Crippen molar-refractivity contribution >= 4 is 18.6 Å². The molecule has 2 rings (SSSR count). The largest absolute Gasteiger partial charge is 0.497 e. The first kappa shape index (κ1) is 21.0. The fourth-order valence-corrected chi connectivity index (χ4v) is 4.83. The van der Waals surface area contributed by atoms with Gasteiger partial charge in [-0.15, -0.1) is 0 Å². The summed E-state index contributed by atoms with van der Waals surface area (Å²) in [4.78, 5) is 2.12. The number of ether oxygens (including phenoxy) is 1. The Kier molecular flexibility index (Phi) is 6.92. The number of nitrogens with zero attached hydrogens (tertiary/aromatic N) is 2. The number of methoxy groups -OCH3 is 1. The molecule has 1 aromatic heterocycles. The van der Waals surface area contributed by atoms with Crippen LogP contribution in [0.15, 0.2) is 24.4 Å². The molecule has 2 aromatic rings. The summed E-state index contributed by atoms with van der Waals surface area (Å²) < 4.78 is 32.3. The van der Waals surface area contributed by atoms with Gasteiger partial charge in [0.25, 0.3) is 0 Å². The second-order valence-electron chi connectivity index (χ2n) is 7.21. The van der Waals surface area contributed by atoms with Gasteiger partial charge in [-0.3, -0.25) is 13.4 Å². The lowest BCUT2D eigenvalue weighted by atomic mass is 10.1. The van der Waals surface area contributed by atoms with Gasteiger partial charge in [0, 0.05) is 18.1 Å². The fraction of sp³-hybridized carbons (Fsp3) is 0.579. The lowest BCUT2D eigenvalue weighted by Crippen LogP contribution is -2.15. The van der Waals surface area contributed by atoms with Gasteiger partial charge in [-0.2, -0.15) is 0 Å². The van der Waals surface area contributed by atoms with Crippen molar-refractivity contribution in [2.45, 2.75) is 46.3 Å². The average molecular weight is 382 g/mol. The van der Waals surface area contributed by atoms with Crippen LogP contribution in [0.25, 0.3) is 10.9 Å². The predicted molar refractivity (Wildman–Crippen MR) is 106 cm³/mol. The van der Waals surface area contributed by atoms with Crippen LogP contribution < -0.4 is 4.74 Å². The van der Waals surface area contributed by atoms with Gasteiger partial charge in [0.05, 0.1) is 24.8 Å². The molecule has 26 heavy (non-hydrogen) atoms. The van der Waals surface area contributed by atoms with E-state index in [1.807, 2.05) is 66.2 Å². The van der Waals surface area contributed by atoms with E-state index in [2.05, 4.69) is 4.90 Å². The molecule has 0 amide bonds. The Morgan fingerprint density at radius 1 is 1.12 bits per heavy atom. The zero-order valence-corrected chi connectivity index (χ0v) is 17.7. The molecule has 0 spiro atoms. The van der Waals surface area contributed by atoms with Crippen LogP contribution in [0, 0.1) is 0 Å². The smallest absolute Gasteiger partial charge is 0.439 e. The van der Waals surface area contributed by atoms with Gasteiger partial charge >= 0.3 is 7.75 Å². The van der Waals surface area contributed by atoms with Crippen LogP contribution in [0.4, 0.5) is 0 Å². The normalized spacial score (nSPS) is 12.7. The van der Waals surface area contributed by atoms with Gasteiger partial charge in [0.2, 0.25) is 0 Å². The first-order chi connectivity index (χ1) is 12.2. The Balaban J connectivity index is 2.62. The number of aromatic nitrogens is 1. The standard InChI is InChI=1S/C19H31N2O4P/c1-14(2)24-26(22,25-15(3)4)21-13-16(10-11-20(5)6)18-12-17(23-7)8-9-19(18)21/h8-9,12-15H,10-11H2,1-7H3. The molecule has 0 atom stereocenters. The molecule has 0 saturated carbocycles. The summed E-state index contributed by atoms with van der Waals surface area (Å²) >= 11 is 0. The molecule has 146 valence electrons. The lowest BCUT2D eigenvalue weighted by molar-refractivity contribution is 0.137. The van der Waals surface area contributed by atoms with Crippen LogP contribution in [-0.4, -0.2) is 49.2 Å². The Morgan fingerprint density at radius 2 is 1.73 bits per heavy atom. The number of likely N-dealkylation sites (N-methyl/N-ethyl adjacent to an activating group) is 1. The van der Waals surface area contributed by atoms with E-state index in [4.69, 9.17) is 13.8 Å². The van der Waals surface area contributed by atoms with Crippen molar-refractivity contribution in [3.05, 3.63) is 30.0 Å². The fourth-order valence-electron chi connectivity index (χ4n) is 2.79. The summed E-state index contributed by atoms with van der Waals surface area (Å²) in [6, 6.07) is 5.75. The summed E-state index contributed by atoms with van der Waals surface area (Å²) in [5.74, 6) is 0.769. The van der Waals surface area contributed by atoms with Crippen LogP contribution in [-0.2, 0) is 20.0 Å². The SMILES string of the molecule is COc1ccc2c(c1)c(CCN(C)C)cn2P(=O)(OC(C)C)OC(C)C. The molecule has 7 heteroatoms. The van der Waals surface area contributed by atoms with Crippen molar-refractivity contribution in [1.82, 2.24) is 9.24 Å². The third-order valence-corrected chi connectivity index (χ3v) is 6.09. The van der Waals surface area contributed by atoms with E-state index < -0.39 is 7.75 Å². The van der Waals surface area contributed by atoms with E-state index >= 15 is 0 Å². The molecule has 0 bridgehead atoms. The van der Waals surface area contributed by atoms with Gasteiger partial charge in [-0.05, 0) is 72.0 Å². The van der Waals surface area contributed by atoms with Crippen LogP contribution in [0.3, 0.4) is 0 Å². The van der Waals surface area contributed by atoms with Gasteiger partial charge < -0.3 is 9.64 Å². The first-order valence-electron chi connectivity index (χ1n) is 8.96. The summed E-state index contributed by atoms with van der Waals surface area (Å²) in [5.41, 5.74) is 1.91. The van der Waals surface area contributed by atoms with Crippen molar-refractivity contribution in [1.29, 1.82) is 0 Å². The third kappa shape index (κ3) is 4.89. The minimum absolute atomic E-state index is 0.222. The molecule has 1 aromatic carbocycles. The van der Waals surface area contributed by atoms with Gasteiger partial charge in [-0.25, -0.2) is 4.57 Å². The minimum atomic E-state index is -3.52. The van der Waals surface area contributed by atoms with Crippen molar-refractivity contribution in [2.24, 2.45) is 0 Å². The Hall–Kier alpha value is -1.33. The van der Waals surface area contributed by atoms with Crippen molar-refractivity contribution < 1.29 is 18.3 Å². The minimum Gasteiger partial charge on any atom is -0.497 e. The maximum absolute atomic E-state index is 13.6.